The molecule has 5 nitrogen and oxygen atoms in total. The highest BCUT2D eigenvalue weighted by Gasteiger charge is 2.15. The maximum atomic E-state index is 11.6. The Bertz CT molecular complexity index is 441. The van der Waals surface area contributed by atoms with Gasteiger partial charge in [-0.1, -0.05) is 26.0 Å². The molecule has 0 heterocycles. The molecule has 0 radical (unpaired) electrons. The standard InChI is InChI=1S/C14H19NO4/c1-3-11(4-2)14(18)19-15-9-10-6-5-7-12(8-10)13(16)17/h5-8,11,15H,3-4,9H2,1-2H3,(H,16,17). The van der Waals surface area contributed by atoms with Gasteiger partial charge < -0.3 is 9.94 Å². The minimum absolute atomic E-state index is 0.0992. The van der Waals surface area contributed by atoms with Crippen molar-refractivity contribution in [3.8, 4) is 0 Å². The van der Waals surface area contributed by atoms with Gasteiger partial charge in [0.25, 0.3) is 0 Å². The highest BCUT2D eigenvalue weighted by molar-refractivity contribution is 5.87. The second-order valence-corrected chi connectivity index (χ2v) is 4.26. The van der Waals surface area contributed by atoms with E-state index in [1.807, 2.05) is 13.8 Å². The Morgan fingerprint density at radius 3 is 2.58 bits per heavy atom. The quantitative estimate of drug-likeness (QED) is 0.740. The third-order valence-corrected chi connectivity index (χ3v) is 2.94. The number of benzene rings is 1. The van der Waals surface area contributed by atoms with Crippen molar-refractivity contribution < 1.29 is 19.5 Å². The van der Waals surface area contributed by atoms with Crippen LogP contribution < -0.4 is 5.48 Å². The SMILES string of the molecule is CCC(CC)C(=O)ONCc1cccc(C(=O)O)c1. The number of hydroxylamine groups is 1. The molecule has 0 aliphatic carbocycles. The van der Waals surface area contributed by atoms with Crippen molar-refractivity contribution in [3.05, 3.63) is 35.4 Å². The van der Waals surface area contributed by atoms with Gasteiger partial charge >= 0.3 is 11.9 Å². The fraction of sp³-hybridized carbons (Fsp3) is 0.429. The number of hydrogen-bond acceptors (Lipinski definition) is 4. The molecule has 1 rings (SSSR count). The van der Waals surface area contributed by atoms with E-state index in [1.165, 1.54) is 6.07 Å². The highest BCUT2D eigenvalue weighted by Crippen LogP contribution is 2.09. The Hall–Kier alpha value is -1.88. The van der Waals surface area contributed by atoms with Crippen molar-refractivity contribution in [2.24, 2.45) is 5.92 Å². The summed E-state index contributed by atoms with van der Waals surface area (Å²) >= 11 is 0. The van der Waals surface area contributed by atoms with E-state index in [4.69, 9.17) is 9.94 Å². The van der Waals surface area contributed by atoms with Crippen LogP contribution in [-0.4, -0.2) is 17.0 Å². The number of carbonyl (C=O) groups is 2. The van der Waals surface area contributed by atoms with Gasteiger partial charge in [0.05, 0.1) is 18.0 Å². The van der Waals surface area contributed by atoms with E-state index in [9.17, 15) is 9.59 Å². The van der Waals surface area contributed by atoms with Crippen LogP contribution in [0.4, 0.5) is 0 Å². The summed E-state index contributed by atoms with van der Waals surface area (Å²) in [5.74, 6) is -1.35. The number of aromatic carboxylic acids is 1. The van der Waals surface area contributed by atoms with Crippen LogP contribution in [0.15, 0.2) is 24.3 Å². The number of rotatable bonds is 7. The van der Waals surface area contributed by atoms with Crippen molar-refractivity contribution >= 4 is 11.9 Å². The molecule has 104 valence electrons. The van der Waals surface area contributed by atoms with Crippen molar-refractivity contribution in [2.75, 3.05) is 0 Å². The Labute approximate surface area is 112 Å². The van der Waals surface area contributed by atoms with Crippen molar-refractivity contribution in [1.82, 2.24) is 5.48 Å². The second kappa shape index (κ2) is 7.53. The van der Waals surface area contributed by atoms with Crippen LogP contribution in [0.3, 0.4) is 0 Å². The van der Waals surface area contributed by atoms with E-state index in [0.717, 1.165) is 18.4 Å². The van der Waals surface area contributed by atoms with Crippen molar-refractivity contribution in [1.29, 1.82) is 0 Å². The first-order valence-electron chi connectivity index (χ1n) is 6.34. The molecule has 0 unspecified atom stereocenters. The largest absolute Gasteiger partial charge is 0.478 e. The first kappa shape index (κ1) is 15.2. The van der Waals surface area contributed by atoms with Crippen LogP contribution >= 0.6 is 0 Å². The number of carboxylic acid groups (broad SMARTS) is 1. The predicted octanol–water partition coefficient (Wildman–Crippen LogP) is 2.37. The van der Waals surface area contributed by atoms with Crippen LogP contribution in [0.1, 0.15) is 42.6 Å². The Balaban J connectivity index is 2.47. The van der Waals surface area contributed by atoms with Gasteiger partial charge in [0, 0.05) is 0 Å². The normalized spacial score (nSPS) is 10.5. The zero-order valence-electron chi connectivity index (χ0n) is 11.2. The summed E-state index contributed by atoms with van der Waals surface area (Å²) in [7, 11) is 0. The molecule has 0 bridgehead atoms. The second-order valence-electron chi connectivity index (χ2n) is 4.26. The summed E-state index contributed by atoms with van der Waals surface area (Å²) in [5.41, 5.74) is 3.54. The summed E-state index contributed by atoms with van der Waals surface area (Å²) in [5, 5.41) is 8.85. The van der Waals surface area contributed by atoms with E-state index < -0.39 is 5.97 Å². The molecular weight excluding hydrogens is 246 g/mol. The molecule has 2 N–H and O–H groups in total. The molecule has 0 spiro atoms. The Kier molecular flexibility index (Phi) is 6.02. The molecular formula is C14H19NO4. The summed E-state index contributed by atoms with van der Waals surface area (Å²) in [6.07, 6.45) is 1.48. The molecule has 0 fully saturated rings. The van der Waals surface area contributed by atoms with Gasteiger partial charge in [-0.2, -0.15) is 0 Å². The summed E-state index contributed by atoms with van der Waals surface area (Å²) in [6, 6.07) is 6.48. The maximum absolute atomic E-state index is 11.6. The van der Waals surface area contributed by atoms with E-state index in [0.29, 0.717) is 0 Å². The molecule has 0 aliphatic heterocycles. The molecule has 0 aliphatic rings. The number of carbonyl (C=O) groups excluding carboxylic acids is 1. The average molecular weight is 265 g/mol. The minimum atomic E-state index is -0.976. The van der Waals surface area contributed by atoms with Gasteiger partial charge in [0.15, 0.2) is 0 Å². The molecule has 19 heavy (non-hydrogen) atoms. The smallest absolute Gasteiger partial charge is 0.335 e. The van der Waals surface area contributed by atoms with Crippen LogP contribution in [0, 0.1) is 5.92 Å². The lowest BCUT2D eigenvalue weighted by molar-refractivity contribution is -0.156. The Morgan fingerprint density at radius 2 is 2.00 bits per heavy atom. The molecule has 5 heteroatoms. The van der Waals surface area contributed by atoms with E-state index in [2.05, 4.69) is 5.48 Å². The number of carboxylic acids is 1. The lowest BCUT2D eigenvalue weighted by atomic mass is 10.0. The predicted molar refractivity (Wildman–Crippen MR) is 70.4 cm³/mol. The number of hydrogen-bond donors (Lipinski definition) is 2. The zero-order valence-corrected chi connectivity index (χ0v) is 11.2. The van der Waals surface area contributed by atoms with Crippen molar-refractivity contribution in [2.45, 2.75) is 33.2 Å². The van der Waals surface area contributed by atoms with Crippen molar-refractivity contribution in [3.63, 3.8) is 0 Å². The van der Waals surface area contributed by atoms with E-state index >= 15 is 0 Å². The average Bonchev–Trinajstić information content (AvgIpc) is 2.40. The number of nitrogens with one attached hydrogen (secondary N) is 1. The molecule has 0 aromatic heterocycles. The highest BCUT2D eigenvalue weighted by atomic mass is 16.7. The van der Waals surface area contributed by atoms with Crippen LogP contribution in [0.5, 0.6) is 0 Å². The first-order chi connectivity index (χ1) is 9.08. The van der Waals surface area contributed by atoms with E-state index in [-0.39, 0.29) is 24.0 Å². The lowest BCUT2D eigenvalue weighted by Crippen LogP contribution is -2.25. The molecule has 0 amide bonds. The molecule has 1 aromatic rings. The topological polar surface area (TPSA) is 75.6 Å². The Morgan fingerprint density at radius 1 is 1.32 bits per heavy atom. The van der Waals surface area contributed by atoms with Gasteiger partial charge in [-0.25, -0.2) is 4.79 Å². The third kappa shape index (κ3) is 4.71. The molecule has 1 aromatic carbocycles. The molecule has 0 saturated carbocycles. The fourth-order valence-electron chi connectivity index (χ4n) is 1.71. The maximum Gasteiger partial charge on any atom is 0.335 e. The van der Waals surface area contributed by atoms with Gasteiger partial charge in [0.2, 0.25) is 0 Å². The monoisotopic (exact) mass is 265 g/mol. The molecule has 0 atom stereocenters. The summed E-state index contributed by atoms with van der Waals surface area (Å²) in [4.78, 5) is 27.3. The zero-order chi connectivity index (χ0) is 14.3. The summed E-state index contributed by atoms with van der Waals surface area (Å²) < 4.78 is 0. The fourth-order valence-corrected chi connectivity index (χ4v) is 1.71. The van der Waals surface area contributed by atoms with Crippen LogP contribution in [0.2, 0.25) is 0 Å². The summed E-state index contributed by atoms with van der Waals surface area (Å²) in [6.45, 7) is 4.16. The minimum Gasteiger partial charge on any atom is -0.478 e. The van der Waals surface area contributed by atoms with Gasteiger partial charge in [-0.05, 0) is 30.5 Å². The van der Waals surface area contributed by atoms with Crippen LogP contribution in [-0.2, 0) is 16.2 Å². The van der Waals surface area contributed by atoms with Gasteiger partial charge in [0.1, 0.15) is 0 Å². The van der Waals surface area contributed by atoms with Gasteiger partial charge in [-0.15, -0.1) is 5.48 Å². The van der Waals surface area contributed by atoms with Crippen LogP contribution in [0.25, 0.3) is 0 Å². The molecule has 0 saturated heterocycles. The lowest BCUT2D eigenvalue weighted by Gasteiger charge is -2.12. The van der Waals surface area contributed by atoms with E-state index in [1.54, 1.807) is 18.2 Å². The van der Waals surface area contributed by atoms with Gasteiger partial charge in [-0.3, -0.25) is 4.79 Å². The third-order valence-electron chi connectivity index (χ3n) is 2.94. The first-order valence-corrected chi connectivity index (χ1v) is 6.34.